The first-order valence-corrected chi connectivity index (χ1v) is 11.7. The summed E-state index contributed by atoms with van der Waals surface area (Å²) in [6, 6.07) is 15.9. The van der Waals surface area contributed by atoms with Crippen molar-refractivity contribution in [3.05, 3.63) is 70.8 Å². The van der Waals surface area contributed by atoms with Crippen LogP contribution >= 0.6 is 11.8 Å². The first-order chi connectivity index (χ1) is 14.3. The Hall–Kier alpha value is -2.27. The number of amides is 2. The fraction of sp³-hybridized carbons (Fsp3) is 0.440. The molecule has 0 aliphatic rings. The summed E-state index contributed by atoms with van der Waals surface area (Å²) < 4.78 is 0. The Balaban J connectivity index is 2.09. The van der Waals surface area contributed by atoms with Crippen molar-refractivity contribution >= 4 is 23.6 Å². The normalized spacial score (nSPS) is 12.8. The van der Waals surface area contributed by atoms with Gasteiger partial charge < -0.3 is 10.2 Å². The van der Waals surface area contributed by atoms with E-state index in [1.807, 2.05) is 58.0 Å². The van der Waals surface area contributed by atoms with Crippen LogP contribution in [0.3, 0.4) is 0 Å². The summed E-state index contributed by atoms with van der Waals surface area (Å²) in [5, 5.41) is 3.01. The summed E-state index contributed by atoms with van der Waals surface area (Å²) in [6.45, 7) is 10.4. The van der Waals surface area contributed by atoms with E-state index in [0.717, 1.165) is 23.3 Å². The SMILES string of the molecule is CC[C@@H](C)NC(=O)[C@@H](C)N(Cc1ccccc1C)C(=O)CSCc1cccc(C)c1. The predicted octanol–water partition coefficient (Wildman–Crippen LogP) is 4.87. The van der Waals surface area contributed by atoms with Gasteiger partial charge >= 0.3 is 0 Å². The number of carbonyl (C=O) groups excluding carboxylic acids is 2. The molecule has 162 valence electrons. The number of nitrogens with zero attached hydrogens (tertiary/aromatic N) is 1. The lowest BCUT2D eigenvalue weighted by Gasteiger charge is -2.30. The zero-order chi connectivity index (χ0) is 22.1. The highest BCUT2D eigenvalue weighted by Gasteiger charge is 2.27. The summed E-state index contributed by atoms with van der Waals surface area (Å²) in [5.41, 5.74) is 4.62. The van der Waals surface area contributed by atoms with Crippen molar-refractivity contribution < 1.29 is 9.59 Å². The van der Waals surface area contributed by atoms with Crippen molar-refractivity contribution in [2.24, 2.45) is 0 Å². The Morgan fingerprint density at radius 3 is 2.47 bits per heavy atom. The molecule has 0 unspecified atom stereocenters. The van der Waals surface area contributed by atoms with E-state index in [0.29, 0.717) is 12.3 Å². The van der Waals surface area contributed by atoms with Crippen LogP contribution in [0, 0.1) is 13.8 Å². The van der Waals surface area contributed by atoms with E-state index in [1.54, 1.807) is 16.7 Å². The Morgan fingerprint density at radius 1 is 1.07 bits per heavy atom. The van der Waals surface area contributed by atoms with Crippen molar-refractivity contribution in [3.8, 4) is 0 Å². The van der Waals surface area contributed by atoms with Crippen LogP contribution in [-0.4, -0.2) is 34.6 Å². The van der Waals surface area contributed by atoms with Crippen LogP contribution in [0.1, 0.15) is 49.4 Å². The van der Waals surface area contributed by atoms with E-state index < -0.39 is 6.04 Å². The molecule has 30 heavy (non-hydrogen) atoms. The Kier molecular flexibility index (Phi) is 9.44. The lowest BCUT2D eigenvalue weighted by molar-refractivity contribution is -0.138. The summed E-state index contributed by atoms with van der Waals surface area (Å²) >= 11 is 1.59. The van der Waals surface area contributed by atoms with Crippen LogP contribution in [0.5, 0.6) is 0 Å². The zero-order valence-corrected chi connectivity index (χ0v) is 19.6. The molecule has 0 aromatic heterocycles. The minimum absolute atomic E-state index is 0.0114. The molecule has 0 fully saturated rings. The minimum Gasteiger partial charge on any atom is -0.352 e. The third kappa shape index (κ3) is 7.21. The quantitative estimate of drug-likeness (QED) is 0.590. The lowest BCUT2D eigenvalue weighted by Crippen LogP contribution is -2.50. The summed E-state index contributed by atoms with van der Waals surface area (Å²) in [5.74, 6) is 1.01. The molecule has 1 N–H and O–H groups in total. The number of nitrogens with one attached hydrogen (secondary N) is 1. The Bertz CT molecular complexity index is 853. The van der Waals surface area contributed by atoms with E-state index >= 15 is 0 Å². The van der Waals surface area contributed by atoms with Crippen LogP contribution < -0.4 is 5.32 Å². The van der Waals surface area contributed by atoms with Crippen molar-refractivity contribution in [2.45, 2.75) is 65.4 Å². The van der Waals surface area contributed by atoms with Crippen LogP contribution in [0.2, 0.25) is 0 Å². The number of thioether (sulfide) groups is 1. The molecule has 0 bridgehead atoms. The number of carbonyl (C=O) groups is 2. The van der Waals surface area contributed by atoms with Gasteiger partial charge in [0.1, 0.15) is 6.04 Å². The average Bonchev–Trinajstić information content (AvgIpc) is 2.72. The maximum atomic E-state index is 13.1. The topological polar surface area (TPSA) is 49.4 Å². The fourth-order valence-corrected chi connectivity index (χ4v) is 4.02. The van der Waals surface area contributed by atoms with Crippen LogP contribution in [-0.2, 0) is 21.9 Å². The van der Waals surface area contributed by atoms with Gasteiger partial charge in [0, 0.05) is 18.3 Å². The first kappa shape index (κ1) is 24.0. The fourth-order valence-electron chi connectivity index (χ4n) is 3.16. The van der Waals surface area contributed by atoms with Gasteiger partial charge in [-0.1, -0.05) is 61.0 Å². The maximum Gasteiger partial charge on any atom is 0.242 e. The molecule has 0 aliphatic heterocycles. The molecule has 0 saturated heterocycles. The predicted molar refractivity (Wildman–Crippen MR) is 126 cm³/mol. The molecule has 0 aliphatic carbocycles. The van der Waals surface area contributed by atoms with Crippen molar-refractivity contribution in [1.29, 1.82) is 0 Å². The molecule has 0 heterocycles. The molecule has 0 spiro atoms. The molecular weight excluding hydrogens is 392 g/mol. The molecular formula is C25H34N2O2S. The van der Waals surface area contributed by atoms with Gasteiger partial charge in [-0.05, 0) is 50.8 Å². The highest BCUT2D eigenvalue weighted by molar-refractivity contribution is 7.99. The number of benzene rings is 2. The van der Waals surface area contributed by atoms with Crippen molar-refractivity contribution in [3.63, 3.8) is 0 Å². The number of rotatable bonds is 10. The second kappa shape index (κ2) is 11.8. The van der Waals surface area contributed by atoms with Crippen molar-refractivity contribution in [1.82, 2.24) is 10.2 Å². The molecule has 2 aromatic rings. The van der Waals surface area contributed by atoms with E-state index in [4.69, 9.17) is 0 Å². The minimum atomic E-state index is -0.523. The molecule has 2 amide bonds. The average molecular weight is 427 g/mol. The van der Waals surface area contributed by atoms with Crippen LogP contribution in [0.25, 0.3) is 0 Å². The first-order valence-electron chi connectivity index (χ1n) is 10.6. The van der Waals surface area contributed by atoms with Crippen LogP contribution in [0.4, 0.5) is 0 Å². The smallest absolute Gasteiger partial charge is 0.242 e. The second-order valence-corrected chi connectivity index (χ2v) is 8.91. The molecule has 5 heteroatoms. The third-order valence-electron chi connectivity index (χ3n) is 5.35. The number of hydrogen-bond acceptors (Lipinski definition) is 3. The van der Waals surface area contributed by atoms with E-state index in [-0.39, 0.29) is 17.9 Å². The molecule has 4 nitrogen and oxygen atoms in total. The van der Waals surface area contributed by atoms with Gasteiger partial charge in [0.2, 0.25) is 11.8 Å². The lowest BCUT2D eigenvalue weighted by atomic mass is 10.1. The monoisotopic (exact) mass is 426 g/mol. The second-order valence-electron chi connectivity index (χ2n) is 7.92. The Morgan fingerprint density at radius 2 is 1.80 bits per heavy atom. The largest absolute Gasteiger partial charge is 0.352 e. The summed E-state index contributed by atoms with van der Waals surface area (Å²) in [6.07, 6.45) is 0.858. The number of aryl methyl sites for hydroxylation is 2. The zero-order valence-electron chi connectivity index (χ0n) is 18.8. The molecule has 0 radical (unpaired) electrons. The summed E-state index contributed by atoms with van der Waals surface area (Å²) in [7, 11) is 0. The van der Waals surface area contributed by atoms with Gasteiger partial charge in [-0.3, -0.25) is 9.59 Å². The highest BCUT2D eigenvalue weighted by Crippen LogP contribution is 2.18. The van der Waals surface area contributed by atoms with Gasteiger partial charge in [0.15, 0.2) is 0 Å². The van der Waals surface area contributed by atoms with Gasteiger partial charge in [-0.25, -0.2) is 0 Å². The van der Waals surface area contributed by atoms with E-state index in [9.17, 15) is 9.59 Å². The molecule has 2 rings (SSSR count). The van der Waals surface area contributed by atoms with Gasteiger partial charge in [0.25, 0.3) is 0 Å². The molecule has 2 aromatic carbocycles. The molecule has 2 atom stereocenters. The highest BCUT2D eigenvalue weighted by atomic mass is 32.2. The van der Waals surface area contributed by atoms with Gasteiger partial charge in [-0.2, -0.15) is 0 Å². The van der Waals surface area contributed by atoms with Crippen LogP contribution in [0.15, 0.2) is 48.5 Å². The maximum absolute atomic E-state index is 13.1. The van der Waals surface area contributed by atoms with Gasteiger partial charge in [-0.15, -0.1) is 11.8 Å². The Labute approximate surface area is 185 Å². The third-order valence-corrected chi connectivity index (χ3v) is 6.34. The number of hydrogen-bond donors (Lipinski definition) is 1. The van der Waals surface area contributed by atoms with Crippen molar-refractivity contribution in [2.75, 3.05) is 5.75 Å². The summed E-state index contributed by atoms with van der Waals surface area (Å²) in [4.78, 5) is 27.6. The van der Waals surface area contributed by atoms with E-state index in [1.165, 1.54) is 11.1 Å². The van der Waals surface area contributed by atoms with E-state index in [2.05, 4.69) is 30.4 Å². The standard InChI is InChI=1S/C25H34N2O2S/c1-6-20(4)26-25(29)21(5)27(15-23-13-8-7-11-19(23)3)24(28)17-30-16-22-12-9-10-18(2)14-22/h7-14,20-21H,6,15-17H2,1-5H3,(H,26,29)/t20-,21-/m1/s1. The molecule has 0 saturated carbocycles. The van der Waals surface area contributed by atoms with Gasteiger partial charge in [0.05, 0.1) is 5.75 Å².